The highest BCUT2D eigenvalue weighted by Crippen LogP contribution is 2.30. The van der Waals surface area contributed by atoms with E-state index in [0.29, 0.717) is 0 Å². The molecule has 2 aromatic carbocycles. The molecule has 0 N–H and O–H groups in total. The van der Waals surface area contributed by atoms with E-state index >= 15 is 0 Å². The number of allylic oxidation sites excluding steroid dienone is 1. The third kappa shape index (κ3) is 2.67. The first-order chi connectivity index (χ1) is 9.76. The number of rotatable bonds is 3. The smallest absolute Gasteiger partial charge is 0.123 e. The van der Waals surface area contributed by atoms with Crippen molar-refractivity contribution in [1.82, 2.24) is 0 Å². The summed E-state index contributed by atoms with van der Waals surface area (Å²) in [6.07, 6.45) is 6.47. The summed E-state index contributed by atoms with van der Waals surface area (Å²) in [6, 6.07) is 13.9. The molecule has 20 heavy (non-hydrogen) atoms. The Kier molecular flexibility index (Phi) is 3.68. The molecule has 3 rings (SSSR count). The maximum atomic E-state index is 13.3. The SMILES string of the molecule is CCCc1ccc(C2=Cc3cc(F)ccc3CC2)cc1. The Morgan fingerprint density at radius 3 is 2.55 bits per heavy atom. The number of hydrogen-bond acceptors (Lipinski definition) is 0. The van der Waals surface area contributed by atoms with Gasteiger partial charge in [0.15, 0.2) is 0 Å². The van der Waals surface area contributed by atoms with E-state index in [1.54, 1.807) is 12.1 Å². The van der Waals surface area contributed by atoms with Crippen LogP contribution in [0.5, 0.6) is 0 Å². The van der Waals surface area contributed by atoms with Crippen LogP contribution in [-0.4, -0.2) is 0 Å². The van der Waals surface area contributed by atoms with Crippen LogP contribution in [0.25, 0.3) is 11.6 Å². The molecule has 0 bridgehead atoms. The molecule has 0 radical (unpaired) electrons. The van der Waals surface area contributed by atoms with Crippen molar-refractivity contribution < 1.29 is 4.39 Å². The molecule has 0 unspecified atom stereocenters. The predicted octanol–water partition coefficient (Wildman–Crippen LogP) is 5.27. The van der Waals surface area contributed by atoms with E-state index < -0.39 is 0 Å². The standard InChI is InChI=1S/C19H19F/c1-2-3-14-4-6-15(7-5-14)17-9-8-16-10-11-19(20)13-18(16)12-17/h4-7,10-13H,2-3,8-9H2,1H3. The van der Waals surface area contributed by atoms with Gasteiger partial charge in [0.2, 0.25) is 0 Å². The van der Waals surface area contributed by atoms with Gasteiger partial charge in [-0.05, 0) is 59.2 Å². The molecule has 1 aliphatic carbocycles. The zero-order valence-electron chi connectivity index (χ0n) is 11.8. The molecule has 0 amide bonds. The molecule has 0 atom stereocenters. The quantitative estimate of drug-likeness (QED) is 0.710. The fraction of sp³-hybridized carbons (Fsp3) is 0.263. The average Bonchev–Trinajstić information content (AvgIpc) is 2.47. The summed E-state index contributed by atoms with van der Waals surface area (Å²) in [4.78, 5) is 0. The molecule has 2 aromatic rings. The maximum Gasteiger partial charge on any atom is 0.123 e. The molecule has 0 fully saturated rings. The topological polar surface area (TPSA) is 0 Å². The number of fused-ring (bicyclic) bond motifs is 1. The van der Waals surface area contributed by atoms with Crippen LogP contribution in [-0.2, 0) is 12.8 Å². The molecule has 1 aliphatic rings. The number of hydrogen-bond donors (Lipinski definition) is 0. The molecule has 0 aromatic heterocycles. The number of halogens is 1. The van der Waals surface area contributed by atoms with Crippen LogP contribution in [0.1, 0.15) is 42.0 Å². The highest BCUT2D eigenvalue weighted by Gasteiger charge is 2.12. The second-order valence-corrected chi connectivity index (χ2v) is 5.46. The summed E-state index contributed by atoms with van der Waals surface area (Å²) in [7, 11) is 0. The third-order valence-electron chi connectivity index (χ3n) is 3.96. The van der Waals surface area contributed by atoms with Crippen molar-refractivity contribution in [1.29, 1.82) is 0 Å². The van der Waals surface area contributed by atoms with E-state index in [0.717, 1.165) is 24.8 Å². The fourth-order valence-electron chi connectivity index (χ4n) is 2.86. The summed E-state index contributed by atoms with van der Waals surface area (Å²) >= 11 is 0. The van der Waals surface area contributed by atoms with Gasteiger partial charge >= 0.3 is 0 Å². The van der Waals surface area contributed by atoms with Crippen LogP contribution in [0.3, 0.4) is 0 Å². The second-order valence-electron chi connectivity index (χ2n) is 5.46. The van der Waals surface area contributed by atoms with Gasteiger partial charge in [0.1, 0.15) is 5.82 Å². The van der Waals surface area contributed by atoms with Gasteiger partial charge in [0.25, 0.3) is 0 Å². The molecule has 102 valence electrons. The summed E-state index contributed by atoms with van der Waals surface area (Å²) in [5, 5.41) is 0. The minimum Gasteiger partial charge on any atom is -0.207 e. The molecule has 0 saturated carbocycles. The van der Waals surface area contributed by atoms with Gasteiger partial charge < -0.3 is 0 Å². The summed E-state index contributed by atoms with van der Waals surface area (Å²) in [5.41, 5.74) is 6.24. The van der Waals surface area contributed by atoms with Crippen LogP contribution in [0.4, 0.5) is 4.39 Å². The van der Waals surface area contributed by atoms with Gasteiger partial charge in [-0.15, -0.1) is 0 Å². The monoisotopic (exact) mass is 266 g/mol. The van der Waals surface area contributed by atoms with Crippen LogP contribution in [0, 0.1) is 5.82 Å². The lowest BCUT2D eigenvalue weighted by atomic mass is 9.88. The minimum absolute atomic E-state index is 0.153. The zero-order chi connectivity index (χ0) is 13.9. The van der Waals surface area contributed by atoms with E-state index in [2.05, 4.69) is 37.3 Å². The van der Waals surface area contributed by atoms with Crippen LogP contribution < -0.4 is 0 Å². The Bertz CT molecular complexity index is 635. The minimum atomic E-state index is -0.153. The Labute approximate surface area is 120 Å². The Morgan fingerprint density at radius 1 is 1.00 bits per heavy atom. The fourth-order valence-corrected chi connectivity index (χ4v) is 2.86. The van der Waals surface area contributed by atoms with Crippen molar-refractivity contribution in [2.24, 2.45) is 0 Å². The molecule has 0 heterocycles. The van der Waals surface area contributed by atoms with Crippen molar-refractivity contribution in [2.45, 2.75) is 32.6 Å². The zero-order valence-corrected chi connectivity index (χ0v) is 11.8. The van der Waals surface area contributed by atoms with Crippen LogP contribution >= 0.6 is 0 Å². The normalized spacial score (nSPS) is 13.8. The lowest BCUT2D eigenvalue weighted by molar-refractivity contribution is 0.626. The van der Waals surface area contributed by atoms with E-state index in [4.69, 9.17) is 0 Å². The summed E-state index contributed by atoms with van der Waals surface area (Å²) in [6.45, 7) is 2.20. The van der Waals surface area contributed by atoms with E-state index in [-0.39, 0.29) is 5.82 Å². The largest absolute Gasteiger partial charge is 0.207 e. The van der Waals surface area contributed by atoms with E-state index in [1.807, 2.05) is 6.07 Å². The van der Waals surface area contributed by atoms with Crippen molar-refractivity contribution in [2.75, 3.05) is 0 Å². The lowest BCUT2D eigenvalue weighted by Crippen LogP contribution is -1.99. The van der Waals surface area contributed by atoms with Crippen LogP contribution in [0.2, 0.25) is 0 Å². The first kappa shape index (κ1) is 13.1. The lowest BCUT2D eigenvalue weighted by Gasteiger charge is -2.17. The number of benzene rings is 2. The summed E-state index contributed by atoms with van der Waals surface area (Å²) in [5.74, 6) is -0.153. The van der Waals surface area contributed by atoms with Gasteiger partial charge in [-0.25, -0.2) is 4.39 Å². The first-order valence-corrected chi connectivity index (χ1v) is 7.34. The van der Waals surface area contributed by atoms with Gasteiger partial charge in [-0.2, -0.15) is 0 Å². The second kappa shape index (κ2) is 5.62. The van der Waals surface area contributed by atoms with Crippen molar-refractivity contribution in [3.63, 3.8) is 0 Å². The van der Waals surface area contributed by atoms with E-state index in [9.17, 15) is 4.39 Å². The highest BCUT2D eigenvalue weighted by atomic mass is 19.1. The predicted molar refractivity (Wildman–Crippen MR) is 83.0 cm³/mol. The first-order valence-electron chi connectivity index (χ1n) is 7.34. The van der Waals surface area contributed by atoms with E-state index in [1.165, 1.54) is 28.7 Å². The van der Waals surface area contributed by atoms with Gasteiger partial charge in [0.05, 0.1) is 0 Å². The Balaban J connectivity index is 1.91. The molecular formula is C19H19F. The number of aryl methyl sites for hydroxylation is 2. The van der Waals surface area contributed by atoms with Crippen molar-refractivity contribution in [3.05, 3.63) is 70.5 Å². The molecule has 0 saturated heterocycles. The summed E-state index contributed by atoms with van der Waals surface area (Å²) < 4.78 is 13.3. The molecule has 0 aliphatic heterocycles. The molecular weight excluding hydrogens is 247 g/mol. The Morgan fingerprint density at radius 2 is 1.80 bits per heavy atom. The van der Waals surface area contributed by atoms with Crippen molar-refractivity contribution >= 4 is 11.6 Å². The van der Waals surface area contributed by atoms with Gasteiger partial charge in [0, 0.05) is 0 Å². The highest BCUT2D eigenvalue weighted by molar-refractivity contribution is 5.84. The molecule has 0 spiro atoms. The van der Waals surface area contributed by atoms with Gasteiger partial charge in [-0.3, -0.25) is 0 Å². The maximum absolute atomic E-state index is 13.3. The van der Waals surface area contributed by atoms with Crippen LogP contribution in [0.15, 0.2) is 42.5 Å². The Hall–Kier alpha value is -1.89. The third-order valence-corrected chi connectivity index (χ3v) is 3.96. The average molecular weight is 266 g/mol. The molecule has 1 heteroatoms. The van der Waals surface area contributed by atoms with Crippen molar-refractivity contribution in [3.8, 4) is 0 Å². The van der Waals surface area contributed by atoms with Gasteiger partial charge in [-0.1, -0.05) is 49.8 Å². The molecule has 0 nitrogen and oxygen atoms in total.